The number of ether oxygens (including phenoxy) is 1. The molecule has 18 heavy (non-hydrogen) atoms. The summed E-state index contributed by atoms with van der Waals surface area (Å²) in [5, 5.41) is 9.20. The van der Waals surface area contributed by atoms with E-state index >= 15 is 0 Å². The van der Waals surface area contributed by atoms with Crippen molar-refractivity contribution in [1.82, 2.24) is 4.31 Å². The number of carbonyl (C=O) groups excluding carboxylic acids is 1. The highest BCUT2D eigenvalue weighted by atomic mass is 32.2. The van der Waals surface area contributed by atoms with Crippen molar-refractivity contribution in [2.45, 2.75) is 38.1 Å². The molecule has 0 amide bonds. The largest absolute Gasteiger partial charge is 0.469 e. The molecule has 1 fully saturated rings. The molecular formula is C11H21NO5S. The fraction of sp³-hybridized carbons (Fsp3) is 0.909. The van der Waals surface area contributed by atoms with Crippen LogP contribution in [0.15, 0.2) is 0 Å². The summed E-state index contributed by atoms with van der Waals surface area (Å²) in [7, 11) is -2.10. The predicted molar refractivity (Wildman–Crippen MR) is 66.5 cm³/mol. The van der Waals surface area contributed by atoms with E-state index in [9.17, 15) is 18.3 Å². The molecule has 1 unspecified atom stereocenters. The smallest absolute Gasteiger partial charge is 0.305 e. The zero-order valence-corrected chi connectivity index (χ0v) is 11.5. The number of sulfonamides is 1. The Morgan fingerprint density at radius 3 is 2.78 bits per heavy atom. The van der Waals surface area contributed by atoms with Gasteiger partial charge in [0.25, 0.3) is 0 Å². The fourth-order valence-electron chi connectivity index (χ4n) is 2.14. The van der Waals surface area contributed by atoms with Gasteiger partial charge in [-0.25, -0.2) is 8.42 Å². The molecule has 0 radical (unpaired) electrons. The van der Waals surface area contributed by atoms with E-state index in [1.165, 1.54) is 11.4 Å². The Labute approximate surface area is 108 Å². The van der Waals surface area contributed by atoms with Crippen molar-refractivity contribution in [2.24, 2.45) is 0 Å². The Bertz CT molecular complexity index is 368. The van der Waals surface area contributed by atoms with E-state index in [2.05, 4.69) is 4.74 Å². The Balaban J connectivity index is 2.53. The Hall–Kier alpha value is -0.660. The average molecular weight is 279 g/mol. The number of nitrogens with zero attached hydrogens (tertiary/aromatic N) is 1. The molecule has 0 aromatic heterocycles. The molecule has 7 heteroatoms. The highest BCUT2D eigenvalue weighted by Crippen LogP contribution is 2.21. The first-order valence-electron chi connectivity index (χ1n) is 6.18. The summed E-state index contributed by atoms with van der Waals surface area (Å²) in [6.07, 6.45) is 2.83. The quantitative estimate of drug-likeness (QED) is 0.698. The second kappa shape index (κ2) is 7.06. The molecule has 0 aliphatic carbocycles. The standard InChI is InChI=1S/C11H21NO5S/c1-17-11(14)6-4-8-18(15,16)12-7-3-2-5-10(12)9-13/h10,13H,2-9H2,1H3. The topological polar surface area (TPSA) is 83.9 Å². The van der Waals surface area contributed by atoms with Gasteiger partial charge in [-0.1, -0.05) is 6.42 Å². The summed E-state index contributed by atoms with van der Waals surface area (Å²) in [4.78, 5) is 10.9. The van der Waals surface area contributed by atoms with Crippen LogP contribution in [0.25, 0.3) is 0 Å². The predicted octanol–water partition coefficient (Wildman–Crippen LogP) is 0.116. The summed E-state index contributed by atoms with van der Waals surface area (Å²) < 4.78 is 30.0. The molecule has 0 aromatic carbocycles. The zero-order chi connectivity index (χ0) is 13.6. The molecule has 6 nitrogen and oxygen atoms in total. The molecular weight excluding hydrogens is 258 g/mol. The van der Waals surface area contributed by atoms with Crippen molar-refractivity contribution in [3.8, 4) is 0 Å². The van der Waals surface area contributed by atoms with Gasteiger partial charge in [-0.15, -0.1) is 0 Å². The van der Waals surface area contributed by atoms with Gasteiger partial charge in [0, 0.05) is 19.0 Å². The first-order valence-corrected chi connectivity index (χ1v) is 7.79. The molecule has 1 N–H and O–H groups in total. The minimum atomic E-state index is -3.38. The minimum Gasteiger partial charge on any atom is -0.469 e. The first kappa shape index (κ1) is 15.4. The lowest BCUT2D eigenvalue weighted by Gasteiger charge is -2.33. The highest BCUT2D eigenvalue weighted by Gasteiger charge is 2.31. The zero-order valence-electron chi connectivity index (χ0n) is 10.7. The maximum atomic E-state index is 12.1. The van der Waals surface area contributed by atoms with Gasteiger partial charge in [-0.05, 0) is 19.3 Å². The molecule has 106 valence electrons. The maximum absolute atomic E-state index is 12.1. The van der Waals surface area contributed by atoms with Crippen LogP contribution >= 0.6 is 0 Å². The third-order valence-electron chi connectivity index (χ3n) is 3.15. The number of piperidine rings is 1. The van der Waals surface area contributed by atoms with E-state index in [0.29, 0.717) is 13.0 Å². The summed E-state index contributed by atoms with van der Waals surface area (Å²) in [5.41, 5.74) is 0. The Kier molecular flexibility index (Phi) is 6.04. The van der Waals surface area contributed by atoms with Gasteiger partial charge in [-0.3, -0.25) is 4.79 Å². The SMILES string of the molecule is COC(=O)CCCS(=O)(=O)N1CCCCC1CO. The highest BCUT2D eigenvalue weighted by molar-refractivity contribution is 7.89. The van der Waals surface area contributed by atoms with Crippen molar-refractivity contribution in [3.05, 3.63) is 0 Å². The third-order valence-corrected chi connectivity index (χ3v) is 5.15. The van der Waals surface area contributed by atoms with E-state index in [0.717, 1.165) is 12.8 Å². The minimum absolute atomic E-state index is 0.0708. The van der Waals surface area contributed by atoms with Crippen LogP contribution in [-0.4, -0.2) is 55.9 Å². The molecule has 0 bridgehead atoms. The average Bonchev–Trinajstić information content (AvgIpc) is 2.38. The Morgan fingerprint density at radius 1 is 1.44 bits per heavy atom. The van der Waals surface area contributed by atoms with Crippen LogP contribution in [0.4, 0.5) is 0 Å². The van der Waals surface area contributed by atoms with Crippen LogP contribution in [0.5, 0.6) is 0 Å². The van der Waals surface area contributed by atoms with Gasteiger partial charge in [-0.2, -0.15) is 4.31 Å². The number of carbonyl (C=O) groups is 1. The number of rotatable bonds is 6. The van der Waals surface area contributed by atoms with Crippen LogP contribution in [0.3, 0.4) is 0 Å². The second-order valence-corrected chi connectivity index (χ2v) is 6.48. The van der Waals surface area contributed by atoms with Gasteiger partial charge in [0.1, 0.15) is 0 Å². The van der Waals surface area contributed by atoms with E-state index in [1.54, 1.807) is 0 Å². The van der Waals surface area contributed by atoms with Crippen LogP contribution in [0, 0.1) is 0 Å². The number of esters is 1. The van der Waals surface area contributed by atoms with Crippen LogP contribution in [0.2, 0.25) is 0 Å². The molecule has 1 atom stereocenters. The number of hydrogen-bond acceptors (Lipinski definition) is 5. The lowest BCUT2D eigenvalue weighted by molar-refractivity contribution is -0.140. The molecule has 1 aliphatic heterocycles. The summed E-state index contributed by atoms with van der Waals surface area (Å²) >= 11 is 0. The van der Waals surface area contributed by atoms with Gasteiger partial charge < -0.3 is 9.84 Å². The molecule has 1 rings (SSSR count). The summed E-state index contributed by atoms with van der Waals surface area (Å²) in [5.74, 6) is -0.471. The lowest BCUT2D eigenvalue weighted by Crippen LogP contribution is -2.46. The Morgan fingerprint density at radius 2 is 2.17 bits per heavy atom. The van der Waals surface area contributed by atoms with Crippen molar-refractivity contribution >= 4 is 16.0 Å². The molecule has 1 heterocycles. The van der Waals surface area contributed by atoms with E-state index in [1.807, 2.05) is 0 Å². The van der Waals surface area contributed by atoms with Gasteiger partial charge in [0.15, 0.2) is 0 Å². The van der Waals surface area contributed by atoms with Crippen molar-refractivity contribution in [1.29, 1.82) is 0 Å². The lowest BCUT2D eigenvalue weighted by atomic mass is 10.1. The normalized spacial score (nSPS) is 21.8. The number of aliphatic hydroxyl groups is 1. The summed E-state index contributed by atoms with van der Waals surface area (Å²) in [6.45, 7) is 0.321. The van der Waals surface area contributed by atoms with Gasteiger partial charge in [0.2, 0.25) is 10.0 Å². The van der Waals surface area contributed by atoms with Crippen LogP contribution < -0.4 is 0 Å². The van der Waals surface area contributed by atoms with Gasteiger partial charge >= 0.3 is 5.97 Å². The fourth-order valence-corrected chi connectivity index (χ4v) is 3.92. The van der Waals surface area contributed by atoms with Crippen molar-refractivity contribution in [2.75, 3.05) is 26.0 Å². The van der Waals surface area contributed by atoms with Crippen molar-refractivity contribution in [3.63, 3.8) is 0 Å². The van der Waals surface area contributed by atoms with Gasteiger partial charge in [0.05, 0.1) is 19.5 Å². The van der Waals surface area contributed by atoms with E-state index < -0.39 is 16.0 Å². The number of methoxy groups -OCH3 is 1. The van der Waals surface area contributed by atoms with Crippen molar-refractivity contribution < 1.29 is 23.1 Å². The monoisotopic (exact) mass is 279 g/mol. The summed E-state index contributed by atoms with van der Waals surface area (Å²) in [6, 6.07) is -0.304. The third kappa shape index (κ3) is 4.22. The molecule has 1 aliphatic rings. The van der Waals surface area contributed by atoms with E-state index in [4.69, 9.17) is 0 Å². The number of aliphatic hydroxyl groups excluding tert-OH is 1. The maximum Gasteiger partial charge on any atom is 0.305 e. The molecule has 0 saturated carbocycles. The molecule has 0 spiro atoms. The second-order valence-electron chi connectivity index (χ2n) is 4.44. The molecule has 1 saturated heterocycles. The van der Waals surface area contributed by atoms with E-state index in [-0.39, 0.29) is 31.2 Å². The van der Waals surface area contributed by atoms with Crippen LogP contribution in [0.1, 0.15) is 32.1 Å². The number of hydrogen-bond donors (Lipinski definition) is 1. The molecule has 0 aromatic rings. The first-order chi connectivity index (χ1) is 8.51. The van der Waals surface area contributed by atoms with Crippen LogP contribution in [-0.2, 0) is 19.6 Å².